The van der Waals surface area contributed by atoms with Crippen LogP contribution in [0.25, 0.3) is 0 Å². The number of nitrogens with one attached hydrogen (secondary N) is 1. The molecule has 1 unspecified atom stereocenters. The maximum atomic E-state index is 11.8. The lowest BCUT2D eigenvalue weighted by Crippen LogP contribution is -2.45. The standard InChI is InChI=1S/C12H23N3O4/c1-3-14(4-2)9-5-6-15(8-9)12(19)13-7-10(16)11(17)18/h9-10,16H,3-8H2,1-2H3,(H,13,19)(H,17,18)/t9?,10-/m0/s1. The van der Waals surface area contributed by atoms with Gasteiger partial charge < -0.3 is 20.4 Å². The Kier molecular flexibility index (Phi) is 6.04. The number of rotatable bonds is 6. The van der Waals surface area contributed by atoms with Crippen LogP contribution < -0.4 is 5.32 Å². The number of carboxylic acids is 1. The van der Waals surface area contributed by atoms with Gasteiger partial charge in [0.05, 0.1) is 6.54 Å². The van der Waals surface area contributed by atoms with Gasteiger partial charge in [-0.15, -0.1) is 0 Å². The van der Waals surface area contributed by atoms with Crippen LogP contribution in [0.4, 0.5) is 4.79 Å². The third kappa shape index (κ3) is 4.36. The molecule has 7 nitrogen and oxygen atoms in total. The first-order chi connectivity index (χ1) is 8.99. The van der Waals surface area contributed by atoms with Crippen LogP contribution in [0.2, 0.25) is 0 Å². The van der Waals surface area contributed by atoms with E-state index in [1.807, 2.05) is 0 Å². The molecule has 0 aromatic rings. The van der Waals surface area contributed by atoms with E-state index in [-0.39, 0.29) is 12.6 Å². The molecule has 0 radical (unpaired) electrons. The second-order valence-electron chi connectivity index (χ2n) is 4.65. The average Bonchev–Trinajstić information content (AvgIpc) is 2.86. The maximum Gasteiger partial charge on any atom is 0.334 e. The SMILES string of the molecule is CCN(CC)C1CCN(C(=O)NC[C@H](O)C(=O)O)C1. The first-order valence-corrected chi connectivity index (χ1v) is 6.67. The van der Waals surface area contributed by atoms with Gasteiger partial charge in [-0.05, 0) is 19.5 Å². The molecule has 0 aliphatic carbocycles. The second kappa shape index (κ2) is 7.30. The highest BCUT2D eigenvalue weighted by atomic mass is 16.4. The van der Waals surface area contributed by atoms with E-state index in [4.69, 9.17) is 10.2 Å². The van der Waals surface area contributed by atoms with Gasteiger partial charge in [-0.2, -0.15) is 0 Å². The van der Waals surface area contributed by atoms with Crippen molar-refractivity contribution in [3.8, 4) is 0 Å². The molecule has 1 aliphatic rings. The number of hydrogen-bond donors (Lipinski definition) is 3. The summed E-state index contributed by atoms with van der Waals surface area (Å²) in [5, 5.41) is 20.0. The number of carbonyl (C=O) groups is 2. The third-order valence-electron chi connectivity index (χ3n) is 3.51. The number of likely N-dealkylation sites (tertiary alicyclic amines) is 1. The second-order valence-corrected chi connectivity index (χ2v) is 4.65. The summed E-state index contributed by atoms with van der Waals surface area (Å²) < 4.78 is 0. The number of amides is 2. The summed E-state index contributed by atoms with van der Waals surface area (Å²) in [5.74, 6) is -1.33. The zero-order chi connectivity index (χ0) is 14.4. The molecule has 110 valence electrons. The summed E-state index contributed by atoms with van der Waals surface area (Å²) in [6.45, 7) is 7.14. The number of nitrogens with zero attached hydrogens (tertiary/aromatic N) is 2. The fourth-order valence-electron chi connectivity index (χ4n) is 2.35. The van der Waals surface area contributed by atoms with Crippen molar-refractivity contribution in [2.24, 2.45) is 0 Å². The average molecular weight is 273 g/mol. The van der Waals surface area contributed by atoms with Crippen molar-refractivity contribution in [2.45, 2.75) is 32.4 Å². The molecule has 7 heteroatoms. The molecule has 2 amide bonds. The molecule has 1 rings (SSSR count). The van der Waals surface area contributed by atoms with E-state index in [1.165, 1.54) is 0 Å². The molecular weight excluding hydrogens is 250 g/mol. The van der Waals surface area contributed by atoms with E-state index >= 15 is 0 Å². The maximum absolute atomic E-state index is 11.8. The molecule has 2 atom stereocenters. The Balaban J connectivity index is 2.37. The molecule has 1 heterocycles. The van der Waals surface area contributed by atoms with E-state index < -0.39 is 12.1 Å². The van der Waals surface area contributed by atoms with Crippen LogP contribution in [0.1, 0.15) is 20.3 Å². The van der Waals surface area contributed by atoms with Crippen molar-refractivity contribution in [3.63, 3.8) is 0 Å². The van der Waals surface area contributed by atoms with Crippen LogP contribution >= 0.6 is 0 Å². The first kappa shape index (κ1) is 15.7. The normalized spacial score (nSPS) is 20.6. The van der Waals surface area contributed by atoms with E-state index in [0.29, 0.717) is 19.1 Å². The summed E-state index contributed by atoms with van der Waals surface area (Å²) >= 11 is 0. The van der Waals surface area contributed by atoms with Gasteiger partial charge in [-0.25, -0.2) is 9.59 Å². The van der Waals surface area contributed by atoms with Gasteiger partial charge >= 0.3 is 12.0 Å². The smallest absolute Gasteiger partial charge is 0.334 e. The molecule has 3 N–H and O–H groups in total. The molecule has 0 saturated carbocycles. The van der Waals surface area contributed by atoms with Gasteiger partial charge in [0.25, 0.3) is 0 Å². The highest BCUT2D eigenvalue weighted by Crippen LogP contribution is 2.15. The van der Waals surface area contributed by atoms with E-state index in [1.54, 1.807) is 4.90 Å². The molecular formula is C12H23N3O4. The van der Waals surface area contributed by atoms with Crippen LogP contribution in [0.3, 0.4) is 0 Å². The number of carboxylic acid groups (broad SMARTS) is 1. The van der Waals surface area contributed by atoms with Crippen molar-refractivity contribution in [3.05, 3.63) is 0 Å². The number of aliphatic hydroxyl groups is 1. The molecule has 0 spiro atoms. The largest absolute Gasteiger partial charge is 0.479 e. The topological polar surface area (TPSA) is 93.1 Å². The minimum absolute atomic E-state index is 0.263. The number of urea groups is 1. The van der Waals surface area contributed by atoms with E-state index in [9.17, 15) is 9.59 Å². The zero-order valence-electron chi connectivity index (χ0n) is 11.5. The summed E-state index contributed by atoms with van der Waals surface area (Å²) in [6, 6.07) is 0.0557. The van der Waals surface area contributed by atoms with Gasteiger partial charge in [-0.1, -0.05) is 13.8 Å². The fourth-order valence-corrected chi connectivity index (χ4v) is 2.35. The molecule has 1 aliphatic heterocycles. The van der Waals surface area contributed by atoms with Crippen molar-refractivity contribution < 1.29 is 19.8 Å². The van der Waals surface area contributed by atoms with Crippen LogP contribution in [0.5, 0.6) is 0 Å². The van der Waals surface area contributed by atoms with Crippen molar-refractivity contribution in [1.29, 1.82) is 0 Å². The number of likely N-dealkylation sites (N-methyl/N-ethyl adjacent to an activating group) is 1. The number of carbonyl (C=O) groups excluding carboxylic acids is 1. The summed E-state index contributed by atoms with van der Waals surface area (Å²) in [6.07, 6.45) is -0.624. The third-order valence-corrected chi connectivity index (χ3v) is 3.51. The lowest BCUT2D eigenvalue weighted by atomic mass is 10.2. The molecule has 0 aromatic carbocycles. The Morgan fingerprint density at radius 3 is 2.58 bits per heavy atom. The monoisotopic (exact) mass is 273 g/mol. The highest BCUT2D eigenvalue weighted by Gasteiger charge is 2.29. The quantitative estimate of drug-likeness (QED) is 0.610. The Morgan fingerprint density at radius 1 is 1.42 bits per heavy atom. The van der Waals surface area contributed by atoms with Crippen molar-refractivity contribution in [2.75, 3.05) is 32.7 Å². The molecule has 0 bridgehead atoms. The Morgan fingerprint density at radius 2 is 2.05 bits per heavy atom. The van der Waals surface area contributed by atoms with Gasteiger partial charge in [0.15, 0.2) is 6.10 Å². The summed E-state index contributed by atoms with van der Waals surface area (Å²) in [7, 11) is 0. The fraction of sp³-hybridized carbons (Fsp3) is 0.833. The minimum atomic E-state index is -1.55. The Labute approximate surface area is 113 Å². The zero-order valence-corrected chi connectivity index (χ0v) is 11.5. The van der Waals surface area contributed by atoms with Crippen LogP contribution in [0, 0.1) is 0 Å². The van der Waals surface area contributed by atoms with Gasteiger partial charge in [0.2, 0.25) is 0 Å². The van der Waals surface area contributed by atoms with Gasteiger partial charge in [-0.3, -0.25) is 4.90 Å². The predicted molar refractivity (Wildman–Crippen MR) is 69.9 cm³/mol. The lowest BCUT2D eigenvalue weighted by Gasteiger charge is -2.26. The summed E-state index contributed by atoms with van der Waals surface area (Å²) in [5.41, 5.74) is 0. The number of hydrogen-bond acceptors (Lipinski definition) is 4. The van der Waals surface area contributed by atoms with Gasteiger partial charge in [0.1, 0.15) is 0 Å². The van der Waals surface area contributed by atoms with E-state index in [0.717, 1.165) is 19.5 Å². The molecule has 1 fully saturated rings. The number of aliphatic hydroxyl groups excluding tert-OH is 1. The molecule has 19 heavy (non-hydrogen) atoms. The Hall–Kier alpha value is -1.34. The summed E-state index contributed by atoms with van der Waals surface area (Å²) in [4.78, 5) is 26.2. The first-order valence-electron chi connectivity index (χ1n) is 6.67. The van der Waals surface area contributed by atoms with Crippen LogP contribution in [-0.2, 0) is 4.79 Å². The van der Waals surface area contributed by atoms with Crippen LogP contribution in [-0.4, -0.2) is 76.9 Å². The predicted octanol–water partition coefficient (Wildman–Crippen LogP) is -0.442. The lowest BCUT2D eigenvalue weighted by molar-refractivity contribution is -0.146. The minimum Gasteiger partial charge on any atom is -0.479 e. The van der Waals surface area contributed by atoms with Crippen molar-refractivity contribution >= 4 is 12.0 Å². The van der Waals surface area contributed by atoms with E-state index in [2.05, 4.69) is 24.1 Å². The highest BCUT2D eigenvalue weighted by molar-refractivity contribution is 5.77. The molecule has 0 aromatic heterocycles. The Bertz CT molecular complexity index is 320. The van der Waals surface area contributed by atoms with Crippen molar-refractivity contribution in [1.82, 2.24) is 15.1 Å². The number of aliphatic carboxylic acids is 1. The van der Waals surface area contributed by atoms with Gasteiger partial charge in [0, 0.05) is 19.1 Å². The molecule has 1 saturated heterocycles. The van der Waals surface area contributed by atoms with Crippen LogP contribution in [0.15, 0.2) is 0 Å².